The molecule has 0 heterocycles. The molecule has 0 atom stereocenters. The van der Waals surface area contributed by atoms with Crippen molar-refractivity contribution in [2.45, 2.75) is 26.7 Å². The Labute approximate surface area is 121 Å². The van der Waals surface area contributed by atoms with Crippen LogP contribution >= 0.6 is 0 Å². The summed E-state index contributed by atoms with van der Waals surface area (Å²) < 4.78 is 5.68. The Bertz CT molecular complexity index is 424. The Morgan fingerprint density at radius 3 is 2.65 bits per heavy atom. The number of aliphatic imine (C=N–C) groups is 1. The highest BCUT2D eigenvalue weighted by atomic mass is 16.5. The third-order valence-corrected chi connectivity index (χ3v) is 3.23. The maximum Gasteiger partial charge on any atom is 0.191 e. The van der Waals surface area contributed by atoms with Crippen molar-refractivity contribution in [2.24, 2.45) is 10.9 Å². The smallest absolute Gasteiger partial charge is 0.191 e. The summed E-state index contributed by atoms with van der Waals surface area (Å²) in [5.41, 5.74) is 1.25. The van der Waals surface area contributed by atoms with Crippen molar-refractivity contribution in [1.82, 2.24) is 10.6 Å². The predicted octanol–water partition coefficient (Wildman–Crippen LogP) is 2.34. The van der Waals surface area contributed by atoms with Gasteiger partial charge in [-0.2, -0.15) is 0 Å². The average Bonchev–Trinajstić information content (AvgIpc) is 3.27. The highest BCUT2D eigenvalue weighted by Crippen LogP contribution is 2.28. The van der Waals surface area contributed by atoms with Crippen LogP contribution in [0.4, 0.5) is 0 Å². The molecule has 4 nitrogen and oxygen atoms in total. The number of guanidine groups is 1. The molecule has 2 rings (SSSR count). The molecule has 1 aromatic rings. The molecule has 1 saturated carbocycles. The van der Waals surface area contributed by atoms with Crippen molar-refractivity contribution in [2.75, 3.05) is 26.2 Å². The summed E-state index contributed by atoms with van der Waals surface area (Å²) in [6, 6.07) is 8.12. The second-order valence-electron chi connectivity index (χ2n) is 5.25. The highest BCUT2D eigenvalue weighted by molar-refractivity contribution is 5.79. The molecule has 0 radical (unpaired) electrons. The van der Waals surface area contributed by atoms with Gasteiger partial charge in [-0.05, 0) is 44.7 Å². The van der Waals surface area contributed by atoms with Crippen LogP contribution in [0.25, 0.3) is 0 Å². The summed E-state index contributed by atoms with van der Waals surface area (Å²) in [4.78, 5) is 4.57. The number of nitrogens with zero attached hydrogens (tertiary/aromatic N) is 1. The van der Waals surface area contributed by atoms with Gasteiger partial charge in [0, 0.05) is 13.1 Å². The normalized spacial score (nSPS) is 15.0. The number of rotatable bonds is 7. The van der Waals surface area contributed by atoms with Gasteiger partial charge in [-0.25, -0.2) is 0 Å². The van der Waals surface area contributed by atoms with Crippen LogP contribution < -0.4 is 15.4 Å². The van der Waals surface area contributed by atoms with Gasteiger partial charge in [0.2, 0.25) is 0 Å². The molecule has 4 heteroatoms. The maximum absolute atomic E-state index is 5.68. The summed E-state index contributed by atoms with van der Waals surface area (Å²) in [5, 5.41) is 6.55. The van der Waals surface area contributed by atoms with Crippen LogP contribution in [0, 0.1) is 12.8 Å². The SMILES string of the molecule is CCNC(=NCC1CC1)NCCOc1ccc(C)cc1. The number of benzene rings is 1. The molecular weight excluding hydrogens is 250 g/mol. The predicted molar refractivity (Wildman–Crippen MR) is 83.4 cm³/mol. The van der Waals surface area contributed by atoms with Crippen LogP contribution in [0.15, 0.2) is 29.3 Å². The van der Waals surface area contributed by atoms with Crippen molar-refractivity contribution in [3.8, 4) is 5.75 Å². The Morgan fingerprint density at radius 1 is 1.25 bits per heavy atom. The van der Waals surface area contributed by atoms with Crippen LogP contribution in [0.5, 0.6) is 5.75 Å². The van der Waals surface area contributed by atoms with Gasteiger partial charge in [0.1, 0.15) is 12.4 Å². The average molecular weight is 275 g/mol. The van der Waals surface area contributed by atoms with E-state index in [9.17, 15) is 0 Å². The van der Waals surface area contributed by atoms with E-state index in [2.05, 4.69) is 41.6 Å². The molecule has 0 saturated heterocycles. The number of hydrogen-bond acceptors (Lipinski definition) is 2. The fourth-order valence-electron chi connectivity index (χ4n) is 1.84. The number of hydrogen-bond donors (Lipinski definition) is 2. The van der Waals surface area contributed by atoms with Crippen molar-refractivity contribution in [1.29, 1.82) is 0 Å². The van der Waals surface area contributed by atoms with Gasteiger partial charge < -0.3 is 15.4 Å². The molecule has 1 aliphatic carbocycles. The van der Waals surface area contributed by atoms with Gasteiger partial charge in [0.15, 0.2) is 5.96 Å². The van der Waals surface area contributed by atoms with Gasteiger partial charge >= 0.3 is 0 Å². The van der Waals surface area contributed by atoms with Crippen molar-refractivity contribution in [3.05, 3.63) is 29.8 Å². The third kappa shape index (κ3) is 5.51. The van der Waals surface area contributed by atoms with Crippen LogP contribution in [-0.4, -0.2) is 32.2 Å². The molecule has 1 fully saturated rings. The largest absolute Gasteiger partial charge is 0.492 e. The first-order chi connectivity index (χ1) is 9.78. The van der Waals surface area contributed by atoms with Gasteiger partial charge in [-0.3, -0.25) is 4.99 Å². The first-order valence-electron chi connectivity index (χ1n) is 7.49. The molecule has 20 heavy (non-hydrogen) atoms. The Kier molecular flexibility index (Phi) is 5.71. The first kappa shape index (κ1) is 14.7. The Morgan fingerprint density at radius 2 is 2.00 bits per heavy atom. The summed E-state index contributed by atoms with van der Waals surface area (Å²) in [6.07, 6.45) is 2.67. The summed E-state index contributed by atoms with van der Waals surface area (Å²) in [5.74, 6) is 2.62. The lowest BCUT2D eigenvalue weighted by molar-refractivity contribution is 0.322. The van der Waals surface area contributed by atoms with Gasteiger partial charge in [-0.15, -0.1) is 0 Å². The van der Waals surface area contributed by atoms with E-state index >= 15 is 0 Å². The van der Waals surface area contributed by atoms with E-state index in [0.717, 1.165) is 37.3 Å². The number of aryl methyl sites for hydroxylation is 1. The van der Waals surface area contributed by atoms with Crippen LogP contribution in [0.3, 0.4) is 0 Å². The molecule has 1 aromatic carbocycles. The minimum Gasteiger partial charge on any atom is -0.492 e. The minimum absolute atomic E-state index is 0.636. The summed E-state index contributed by atoms with van der Waals surface area (Å²) in [6.45, 7) is 7.37. The van der Waals surface area contributed by atoms with Crippen LogP contribution in [0.2, 0.25) is 0 Å². The van der Waals surface area contributed by atoms with Crippen molar-refractivity contribution in [3.63, 3.8) is 0 Å². The maximum atomic E-state index is 5.68. The Balaban J connectivity index is 1.66. The summed E-state index contributed by atoms with van der Waals surface area (Å²) in [7, 11) is 0. The van der Waals surface area contributed by atoms with E-state index in [1.807, 2.05) is 12.1 Å². The zero-order valence-electron chi connectivity index (χ0n) is 12.5. The second-order valence-corrected chi connectivity index (χ2v) is 5.25. The molecule has 0 aliphatic heterocycles. The van der Waals surface area contributed by atoms with Crippen LogP contribution in [-0.2, 0) is 0 Å². The monoisotopic (exact) mass is 275 g/mol. The minimum atomic E-state index is 0.636. The molecular formula is C16H25N3O. The zero-order valence-corrected chi connectivity index (χ0v) is 12.5. The van der Waals surface area contributed by atoms with E-state index in [1.165, 1.54) is 18.4 Å². The van der Waals surface area contributed by atoms with Crippen molar-refractivity contribution < 1.29 is 4.74 Å². The topological polar surface area (TPSA) is 45.7 Å². The fraction of sp³-hybridized carbons (Fsp3) is 0.562. The van der Waals surface area contributed by atoms with E-state index in [0.29, 0.717) is 6.61 Å². The van der Waals surface area contributed by atoms with Gasteiger partial charge in [0.05, 0.1) is 6.54 Å². The zero-order chi connectivity index (χ0) is 14.2. The fourth-order valence-corrected chi connectivity index (χ4v) is 1.84. The van der Waals surface area contributed by atoms with E-state index in [1.54, 1.807) is 0 Å². The molecule has 0 unspecified atom stereocenters. The first-order valence-corrected chi connectivity index (χ1v) is 7.49. The van der Waals surface area contributed by atoms with Gasteiger partial charge in [0.25, 0.3) is 0 Å². The van der Waals surface area contributed by atoms with E-state index < -0.39 is 0 Å². The molecule has 0 bridgehead atoms. The quantitative estimate of drug-likeness (QED) is 0.456. The number of nitrogens with one attached hydrogen (secondary N) is 2. The standard InChI is InChI=1S/C16H25N3O/c1-3-17-16(19-12-14-6-7-14)18-10-11-20-15-8-4-13(2)5-9-15/h4-5,8-9,14H,3,6-7,10-12H2,1-2H3,(H2,17,18,19). The van der Waals surface area contributed by atoms with E-state index in [4.69, 9.17) is 4.74 Å². The molecule has 0 spiro atoms. The molecule has 0 aromatic heterocycles. The lowest BCUT2D eigenvalue weighted by atomic mass is 10.2. The van der Waals surface area contributed by atoms with Gasteiger partial charge in [-0.1, -0.05) is 17.7 Å². The summed E-state index contributed by atoms with van der Waals surface area (Å²) >= 11 is 0. The number of ether oxygens (including phenoxy) is 1. The van der Waals surface area contributed by atoms with Crippen LogP contribution in [0.1, 0.15) is 25.3 Å². The van der Waals surface area contributed by atoms with E-state index in [-0.39, 0.29) is 0 Å². The second kappa shape index (κ2) is 7.78. The third-order valence-electron chi connectivity index (χ3n) is 3.23. The Hall–Kier alpha value is -1.71. The molecule has 1 aliphatic rings. The van der Waals surface area contributed by atoms with Crippen molar-refractivity contribution >= 4 is 5.96 Å². The molecule has 110 valence electrons. The molecule has 2 N–H and O–H groups in total. The highest BCUT2D eigenvalue weighted by Gasteiger charge is 2.20. The lowest BCUT2D eigenvalue weighted by Gasteiger charge is -2.12. The lowest BCUT2D eigenvalue weighted by Crippen LogP contribution is -2.39. The molecule has 0 amide bonds.